The first-order chi connectivity index (χ1) is 13.5. The van der Waals surface area contributed by atoms with Crippen LogP contribution < -0.4 is 20.9 Å². The smallest absolute Gasteiger partial charge is 0.299 e. The highest BCUT2D eigenvalue weighted by Gasteiger charge is 2.23. The number of ether oxygens (including phenoxy) is 1. The van der Waals surface area contributed by atoms with E-state index < -0.39 is 11.4 Å². The molecule has 144 valence electrons. The number of hydrogen-bond donors (Lipinski definition) is 1. The first-order valence-electron chi connectivity index (χ1n) is 8.91. The zero-order valence-electron chi connectivity index (χ0n) is 15.5. The summed E-state index contributed by atoms with van der Waals surface area (Å²) in [7, 11) is 0. The lowest BCUT2D eigenvalue weighted by atomic mass is 10.1. The second kappa shape index (κ2) is 8.55. The zero-order valence-corrected chi connectivity index (χ0v) is 15.5. The minimum absolute atomic E-state index is 0.0233. The average molecular weight is 381 g/mol. The summed E-state index contributed by atoms with van der Waals surface area (Å²) in [5.41, 5.74) is 6.28. The van der Waals surface area contributed by atoms with E-state index in [-0.39, 0.29) is 23.9 Å². The minimum atomic E-state index is -0.485. The molecule has 1 aromatic heterocycles. The molecule has 7 nitrogen and oxygen atoms in total. The van der Waals surface area contributed by atoms with Crippen molar-refractivity contribution in [2.24, 2.45) is 5.73 Å². The Morgan fingerprint density at radius 3 is 3.00 bits per heavy atom. The summed E-state index contributed by atoms with van der Waals surface area (Å²) in [5, 5.41) is 9.33. The van der Waals surface area contributed by atoms with Crippen molar-refractivity contribution in [1.82, 2.24) is 9.55 Å². The minimum Gasteiger partial charge on any atom is -0.400 e. The van der Waals surface area contributed by atoms with Crippen LogP contribution in [-0.4, -0.2) is 28.7 Å². The highest BCUT2D eigenvalue weighted by atomic mass is 19.1. The molecular formula is C20H20FN5O2. The van der Waals surface area contributed by atoms with Crippen molar-refractivity contribution in [1.29, 1.82) is 5.26 Å². The summed E-state index contributed by atoms with van der Waals surface area (Å²) in [6.45, 7) is 2.81. The Labute approximate surface area is 162 Å². The molecule has 1 saturated heterocycles. The van der Waals surface area contributed by atoms with Crippen LogP contribution in [0.25, 0.3) is 0 Å². The number of aromatic nitrogens is 2. The van der Waals surface area contributed by atoms with Gasteiger partial charge < -0.3 is 15.4 Å². The Balaban J connectivity index is 2.10. The Hall–Kier alpha value is -3.36. The standard InChI is InChI=1S/C20H20FN5O2/c1-2-8-28-18-11-24-20(25-7-3-4-17(23)13-25)26(19(18)27)12-15-9-16(21)6-5-14(15)10-22/h5-6,9,11,17H,3-4,7,12-13,23H2,1H3/t17-/m1/s1. The van der Waals surface area contributed by atoms with E-state index >= 15 is 0 Å². The van der Waals surface area contributed by atoms with Gasteiger partial charge in [-0.25, -0.2) is 9.37 Å². The summed E-state index contributed by atoms with van der Waals surface area (Å²) in [6, 6.07) is 5.85. The molecule has 3 rings (SSSR count). The lowest BCUT2D eigenvalue weighted by molar-refractivity contribution is 0.475. The molecule has 1 fully saturated rings. The van der Waals surface area contributed by atoms with E-state index in [9.17, 15) is 14.4 Å². The van der Waals surface area contributed by atoms with Crippen LogP contribution in [0.4, 0.5) is 10.3 Å². The molecule has 28 heavy (non-hydrogen) atoms. The van der Waals surface area contributed by atoms with Crippen LogP contribution >= 0.6 is 0 Å². The topological polar surface area (TPSA) is 97.2 Å². The molecule has 0 aliphatic carbocycles. The number of rotatable bonds is 4. The average Bonchev–Trinajstić information content (AvgIpc) is 2.69. The van der Waals surface area contributed by atoms with Crippen molar-refractivity contribution in [3.8, 4) is 23.8 Å². The van der Waals surface area contributed by atoms with Gasteiger partial charge in [-0.15, -0.1) is 0 Å². The molecule has 0 bridgehead atoms. The van der Waals surface area contributed by atoms with Gasteiger partial charge in [0.25, 0.3) is 5.56 Å². The fourth-order valence-electron chi connectivity index (χ4n) is 3.20. The molecule has 0 unspecified atom stereocenters. The predicted octanol–water partition coefficient (Wildman–Crippen LogP) is 1.59. The Morgan fingerprint density at radius 2 is 2.29 bits per heavy atom. The van der Waals surface area contributed by atoms with Crippen molar-refractivity contribution in [3.05, 3.63) is 51.7 Å². The third-order valence-corrected chi connectivity index (χ3v) is 4.51. The van der Waals surface area contributed by atoms with Gasteiger partial charge >= 0.3 is 0 Å². The van der Waals surface area contributed by atoms with Crippen molar-refractivity contribution < 1.29 is 9.13 Å². The van der Waals surface area contributed by atoms with Crippen molar-refractivity contribution in [3.63, 3.8) is 0 Å². The SMILES string of the molecule is CC#COc1cnc(N2CCC[C@@H](N)C2)n(Cc2cc(F)ccc2C#N)c1=O. The zero-order chi connectivity index (χ0) is 20.1. The Morgan fingerprint density at radius 1 is 1.46 bits per heavy atom. The lowest BCUT2D eigenvalue weighted by Crippen LogP contribution is -2.45. The molecule has 0 saturated carbocycles. The first-order valence-corrected chi connectivity index (χ1v) is 8.91. The molecule has 2 aromatic rings. The number of anilines is 1. The van der Waals surface area contributed by atoms with Gasteiger partial charge in [0.1, 0.15) is 11.9 Å². The molecular weight excluding hydrogens is 361 g/mol. The van der Waals surface area contributed by atoms with E-state index in [0.717, 1.165) is 12.8 Å². The van der Waals surface area contributed by atoms with Gasteiger partial charge in [-0.1, -0.05) is 5.92 Å². The summed E-state index contributed by atoms with van der Waals surface area (Å²) >= 11 is 0. The van der Waals surface area contributed by atoms with Gasteiger partial charge in [0, 0.05) is 26.1 Å². The van der Waals surface area contributed by atoms with Gasteiger partial charge in [-0.05, 0) is 36.6 Å². The number of piperidine rings is 1. The van der Waals surface area contributed by atoms with Crippen LogP contribution in [0.15, 0.2) is 29.2 Å². The number of benzene rings is 1. The summed E-state index contributed by atoms with van der Waals surface area (Å²) < 4.78 is 20.3. The largest absolute Gasteiger partial charge is 0.400 e. The molecule has 8 heteroatoms. The van der Waals surface area contributed by atoms with Gasteiger partial charge in [0.15, 0.2) is 0 Å². The quantitative estimate of drug-likeness (QED) is 0.808. The number of nitrogens with two attached hydrogens (primary N) is 1. The van der Waals surface area contributed by atoms with E-state index in [1.807, 2.05) is 11.0 Å². The van der Waals surface area contributed by atoms with Crippen molar-refractivity contribution in [2.75, 3.05) is 18.0 Å². The first kappa shape index (κ1) is 19.4. The lowest BCUT2D eigenvalue weighted by Gasteiger charge is -2.33. The van der Waals surface area contributed by atoms with Crippen molar-refractivity contribution >= 4 is 5.95 Å². The number of hydrogen-bond acceptors (Lipinski definition) is 6. The number of halogens is 1. The number of nitrogens with zero attached hydrogens (tertiary/aromatic N) is 4. The van der Waals surface area contributed by atoms with Crippen molar-refractivity contribution in [2.45, 2.75) is 32.4 Å². The monoisotopic (exact) mass is 381 g/mol. The molecule has 2 heterocycles. The normalized spacial score (nSPS) is 16.1. The van der Waals surface area contributed by atoms with E-state index in [1.165, 1.54) is 29.0 Å². The molecule has 1 atom stereocenters. The van der Waals surface area contributed by atoms with Crippen LogP contribution in [0.1, 0.15) is 30.9 Å². The molecule has 1 aliphatic heterocycles. The molecule has 0 amide bonds. The van der Waals surface area contributed by atoms with Crippen LogP contribution in [-0.2, 0) is 6.54 Å². The van der Waals surface area contributed by atoms with E-state index in [2.05, 4.69) is 17.0 Å². The fraction of sp³-hybridized carbons (Fsp3) is 0.350. The van der Waals surface area contributed by atoms with Gasteiger partial charge in [0.2, 0.25) is 11.7 Å². The summed E-state index contributed by atoms with van der Waals surface area (Å²) in [4.78, 5) is 19.3. The van der Waals surface area contributed by atoms with Crippen LogP contribution in [0.3, 0.4) is 0 Å². The second-order valence-electron chi connectivity index (χ2n) is 6.53. The number of nitriles is 1. The van der Waals surface area contributed by atoms with Crippen LogP contribution in [0.2, 0.25) is 0 Å². The van der Waals surface area contributed by atoms with Gasteiger partial charge in [-0.2, -0.15) is 5.26 Å². The Bertz CT molecular complexity index is 1030. The van der Waals surface area contributed by atoms with E-state index in [4.69, 9.17) is 10.5 Å². The highest BCUT2D eigenvalue weighted by molar-refractivity contribution is 5.41. The molecule has 1 aliphatic rings. The fourth-order valence-corrected chi connectivity index (χ4v) is 3.20. The van der Waals surface area contributed by atoms with Crippen LogP contribution in [0, 0.1) is 29.2 Å². The molecule has 0 spiro atoms. The van der Waals surface area contributed by atoms with Crippen LogP contribution in [0.5, 0.6) is 5.75 Å². The summed E-state index contributed by atoms with van der Waals surface area (Å²) in [6.07, 6.45) is 5.49. The predicted molar refractivity (Wildman–Crippen MR) is 102 cm³/mol. The maximum absolute atomic E-state index is 13.8. The molecule has 2 N–H and O–H groups in total. The second-order valence-corrected chi connectivity index (χ2v) is 6.53. The maximum atomic E-state index is 13.8. The third-order valence-electron chi connectivity index (χ3n) is 4.51. The Kier molecular flexibility index (Phi) is 5.93. The maximum Gasteiger partial charge on any atom is 0.299 e. The van der Waals surface area contributed by atoms with Gasteiger partial charge in [0.05, 0.1) is 24.4 Å². The summed E-state index contributed by atoms with van der Waals surface area (Å²) in [5.74, 6) is 2.44. The molecule has 0 radical (unpaired) electrons. The van der Waals surface area contributed by atoms with E-state index in [0.29, 0.717) is 24.6 Å². The highest BCUT2D eigenvalue weighted by Crippen LogP contribution is 2.20. The van der Waals surface area contributed by atoms with Gasteiger partial charge in [-0.3, -0.25) is 9.36 Å². The van der Waals surface area contributed by atoms with E-state index in [1.54, 1.807) is 6.92 Å². The molecule has 1 aromatic carbocycles. The third kappa shape index (κ3) is 4.13.